The van der Waals surface area contributed by atoms with E-state index < -0.39 is 0 Å². The summed E-state index contributed by atoms with van der Waals surface area (Å²) in [7, 11) is 0. The summed E-state index contributed by atoms with van der Waals surface area (Å²) in [5.74, 6) is 1.45. The average Bonchev–Trinajstić information content (AvgIpc) is 3.41. The lowest BCUT2D eigenvalue weighted by molar-refractivity contribution is 0.687. The van der Waals surface area contributed by atoms with E-state index in [1.807, 2.05) is 24.7 Å². The number of anilines is 1. The molecule has 1 aliphatic rings. The second-order valence-electron chi connectivity index (χ2n) is 6.73. The Morgan fingerprint density at radius 2 is 2.12 bits per heavy atom. The van der Waals surface area contributed by atoms with Crippen LogP contribution in [0.15, 0.2) is 43.1 Å². The number of hydrogen-bond acceptors (Lipinski definition) is 5. The van der Waals surface area contributed by atoms with Crippen molar-refractivity contribution in [2.45, 2.75) is 25.8 Å². The van der Waals surface area contributed by atoms with Crippen LogP contribution in [-0.4, -0.2) is 31.0 Å². The van der Waals surface area contributed by atoms with Crippen molar-refractivity contribution >= 4 is 27.9 Å². The SMILES string of the molecule is CC(Nc1ncc2c(-c3ccc4ncncc4c3)c[nH]c2n1)C1CC1. The predicted octanol–water partition coefficient (Wildman–Crippen LogP) is 3.78. The molecule has 3 aromatic heterocycles. The van der Waals surface area contributed by atoms with E-state index in [9.17, 15) is 0 Å². The molecule has 1 atom stereocenters. The third-order valence-electron chi connectivity index (χ3n) is 4.93. The maximum absolute atomic E-state index is 4.63. The van der Waals surface area contributed by atoms with Crippen LogP contribution in [0.2, 0.25) is 0 Å². The van der Waals surface area contributed by atoms with Crippen LogP contribution in [0.3, 0.4) is 0 Å². The third-order valence-corrected chi connectivity index (χ3v) is 4.93. The lowest BCUT2D eigenvalue weighted by Gasteiger charge is -2.12. The highest BCUT2D eigenvalue weighted by Crippen LogP contribution is 2.34. The van der Waals surface area contributed by atoms with Crippen molar-refractivity contribution in [3.63, 3.8) is 0 Å². The second kappa shape index (κ2) is 5.51. The average molecular weight is 330 g/mol. The number of rotatable bonds is 4. The standard InChI is InChI=1S/C19H18N6/c1-11(12-2-3-12)24-19-22-9-16-15(8-21-18(16)25-19)13-4-5-17-14(6-13)7-20-10-23-17/h4-12H,2-3H2,1H3,(H2,21,22,24,25). The second-order valence-corrected chi connectivity index (χ2v) is 6.73. The molecule has 0 spiro atoms. The molecule has 2 N–H and O–H groups in total. The van der Waals surface area contributed by atoms with Crippen molar-refractivity contribution in [3.8, 4) is 11.1 Å². The summed E-state index contributed by atoms with van der Waals surface area (Å²) in [6, 6.07) is 6.60. The van der Waals surface area contributed by atoms with Crippen molar-refractivity contribution in [2.24, 2.45) is 5.92 Å². The quantitative estimate of drug-likeness (QED) is 0.595. The zero-order chi connectivity index (χ0) is 16.8. The van der Waals surface area contributed by atoms with Gasteiger partial charge in [-0.3, -0.25) is 0 Å². The first kappa shape index (κ1) is 14.3. The Bertz CT molecular complexity index is 1070. The molecular formula is C19H18N6. The molecule has 0 bridgehead atoms. The molecule has 25 heavy (non-hydrogen) atoms. The van der Waals surface area contributed by atoms with Gasteiger partial charge < -0.3 is 10.3 Å². The van der Waals surface area contributed by atoms with Gasteiger partial charge in [0, 0.05) is 41.0 Å². The lowest BCUT2D eigenvalue weighted by atomic mass is 10.0. The first-order valence-corrected chi connectivity index (χ1v) is 8.59. The molecule has 1 saturated carbocycles. The molecular weight excluding hydrogens is 312 g/mol. The smallest absolute Gasteiger partial charge is 0.224 e. The summed E-state index contributed by atoms with van der Waals surface area (Å²) in [6.07, 6.45) is 9.88. The molecule has 3 heterocycles. The van der Waals surface area contributed by atoms with Crippen molar-refractivity contribution < 1.29 is 0 Å². The molecule has 0 radical (unpaired) electrons. The summed E-state index contributed by atoms with van der Waals surface area (Å²) >= 11 is 0. The Labute approximate surface area is 144 Å². The van der Waals surface area contributed by atoms with E-state index in [0.717, 1.165) is 39.0 Å². The lowest BCUT2D eigenvalue weighted by Crippen LogP contribution is -2.18. The van der Waals surface area contributed by atoms with E-state index in [4.69, 9.17) is 0 Å². The van der Waals surface area contributed by atoms with Crippen molar-refractivity contribution in [3.05, 3.63) is 43.1 Å². The normalized spacial score (nSPS) is 15.6. The maximum atomic E-state index is 4.63. The molecule has 0 saturated heterocycles. The Morgan fingerprint density at radius 3 is 3.00 bits per heavy atom. The van der Waals surface area contributed by atoms with Crippen molar-refractivity contribution in [2.75, 3.05) is 5.32 Å². The summed E-state index contributed by atoms with van der Waals surface area (Å²) in [4.78, 5) is 20.8. The Morgan fingerprint density at radius 1 is 1.20 bits per heavy atom. The van der Waals surface area contributed by atoms with Gasteiger partial charge in [0.15, 0.2) is 0 Å². The van der Waals surface area contributed by atoms with Crippen LogP contribution in [0, 0.1) is 5.92 Å². The summed E-state index contributed by atoms with van der Waals surface area (Å²) in [6.45, 7) is 2.20. The van der Waals surface area contributed by atoms with Gasteiger partial charge in [0.2, 0.25) is 5.95 Å². The van der Waals surface area contributed by atoms with E-state index in [1.54, 1.807) is 6.33 Å². The predicted molar refractivity (Wildman–Crippen MR) is 98.2 cm³/mol. The van der Waals surface area contributed by atoms with Crippen LogP contribution in [-0.2, 0) is 0 Å². The number of H-pyrrole nitrogens is 1. The maximum Gasteiger partial charge on any atom is 0.224 e. The van der Waals surface area contributed by atoms with Gasteiger partial charge in [0.1, 0.15) is 12.0 Å². The fourth-order valence-electron chi connectivity index (χ4n) is 3.29. The minimum Gasteiger partial charge on any atom is -0.351 e. The molecule has 4 aromatic rings. The Balaban J connectivity index is 1.52. The highest BCUT2D eigenvalue weighted by atomic mass is 15.1. The number of nitrogens with zero attached hydrogens (tertiary/aromatic N) is 4. The molecule has 1 fully saturated rings. The van der Waals surface area contributed by atoms with E-state index in [1.165, 1.54) is 12.8 Å². The minimum atomic E-state index is 0.423. The molecule has 1 unspecified atom stereocenters. The molecule has 124 valence electrons. The van der Waals surface area contributed by atoms with Gasteiger partial charge in [-0.2, -0.15) is 4.98 Å². The molecule has 0 amide bonds. The van der Waals surface area contributed by atoms with Crippen LogP contribution in [0.5, 0.6) is 0 Å². The van der Waals surface area contributed by atoms with E-state index in [-0.39, 0.29) is 0 Å². The fourth-order valence-corrected chi connectivity index (χ4v) is 3.29. The van der Waals surface area contributed by atoms with Crippen LogP contribution in [0.4, 0.5) is 5.95 Å². The zero-order valence-electron chi connectivity index (χ0n) is 13.9. The van der Waals surface area contributed by atoms with Crippen molar-refractivity contribution in [1.29, 1.82) is 0 Å². The number of benzene rings is 1. The Hall–Kier alpha value is -3.02. The number of aromatic nitrogens is 5. The molecule has 1 aliphatic carbocycles. The van der Waals surface area contributed by atoms with Crippen LogP contribution in [0.25, 0.3) is 33.1 Å². The van der Waals surface area contributed by atoms with E-state index in [0.29, 0.717) is 12.0 Å². The number of aromatic amines is 1. The van der Waals surface area contributed by atoms with Gasteiger partial charge in [-0.25, -0.2) is 15.0 Å². The van der Waals surface area contributed by atoms with Gasteiger partial charge in [0.25, 0.3) is 0 Å². The van der Waals surface area contributed by atoms with Crippen molar-refractivity contribution in [1.82, 2.24) is 24.9 Å². The first-order chi connectivity index (χ1) is 12.3. The molecule has 6 nitrogen and oxygen atoms in total. The first-order valence-electron chi connectivity index (χ1n) is 8.59. The van der Waals surface area contributed by atoms with Crippen LogP contribution in [0.1, 0.15) is 19.8 Å². The summed E-state index contributed by atoms with van der Waals surface area (Å²) < 4.78 is 0. The van der Waals surface area contributed by atoms with Gasteiger partial charge in [-0.1, -0.05) is 6.07 Å². The zero-order valence-corrected chi connectivity index (χ0v) is 13.9. The van der Waals surface area contributed by atoms with Crippen LogP contribution >= 0.6 is 0 Å². The minimum absolute atomic E-state index is 0.423. The largest absolute Gasteiger partial charge is 0.351 e. The van der Waals surface area contributed by atoms with Gasteiger partial charge in [0.05, 0.1) is 5.52 Å². The molecule has 1 aromatic carbocycles. The third kappa shape index (κ3) is 2.59. The highest BCUT2D eigenvalue weighted by Gasteiger charge is 2.28. The number of fused-ring (bicyclic) bond motifs is 2. The topological polar surface area (TPSA) is 79.4 Å². The molecule has 6 heteroatoms. The van der Waals surface area contributed by atoms with Gasteiger partial charge in [-0.15, -0.1) is 0 Å². The van der Waals surface area contributed by atoms with E-state index in [2.05, 4.69) is 49.3 Å². The number of nitrogens with one attached hydrogen (secondary N) is 2. The molecule has 0 aliphatic heterocycles. The summed E-state index contributed by atoms with van der Waals surface area (Å²) in [5, 5.41) is 5.45. The fraction of sp³-hybridized carbons (Fsp3) is 0.263. The van der Waals surface area contributed by atoms with Crippen LogP contribution < -0.4 is 5.32 Å². The Kier molecular flexibility index (Phi) is 3.16. The van der Waals surface area contributed by atoms with Gasteiger partial charge in [-0.05, 0) is 43.4 Å². The number of hydrogen-bond donors (Lipinski definition) is 2. The molecule has 5 rings (SSSR count). The van der Waals surface area contributed by atoms with Gasteiger partial charge >= 0.3 is 0 Å². The monoisotopic (exact) mass is 330 g/mol. The highest BCUT2D eigenvalue weighted by molar-refractivity contribution is 5.96. The van der Waals surface area contributed by atoms with E-state index >= 15 is 0 Å². The summed E-state index contributed by atoms with van der Waals surface area (Å²) in [5.41, 5.74) is 3.97.